The van der Waals surface area contributed by atoms with Gasteiger partial charge in [-0.3, -0.25) is 19.2 Å². The second-order valence-electron chi connectivity index (χ2n) is 8.70. The Morgan fingerprint density at radius 2 is 1.72 bits per heavy atom. The molecule has 0 radical (unpaired) electrons. The summed E-state index contributed by atoms with van der Waals surface area (Å²) in [7, 11) is 0. The predicted octanol–water partition coefficient (Wildman–Crippen LogP) is 3.72. The van der Waals surface area contributed by atoms with Crippen LogP contribution in [0, 0.1) is 25.7 Å². The molecule has 0 spiro atoms. The molecule has 1 saturated carbocycles. The van der Waals surface area contributed by atoms with Gasteiger partial charge in [0.2, 0.25) is 0 Å². The first kappa shape index (κ1) is 21.7. The number of aliphatic carboxylic acids is 1. The molecule has 1 aliphatic heterocycles. The molecule has 2 N–H and O–H groups in total. The Bertz CT molecular complexity index is 1120. The van der Waals surface area contributed by atoms with Gasteiger partial charge in [-0.25, -0.2) is 4.90 Å². The lowest BCUT2D eigenvalue weighted by Gasteiger charge is -2.28. The van der Waals surface area contributed by atoms with E-state index in [4.69, 9.17) is 0 Å². The highest BCUT2D eigenvalue weighted by Crippen LogP contribution is 2.32. The monoisotopic (exact) mass is 434 g/mol. The van der Waals surface area contributed by atoms with Crippen molar-refractivity contribution < 1.29 is 24.3 Å². The van der Waals surface area contributed by atoms with Crippen LogP contribution in [0.25, 0.3) is 0 Å². The third kappa shape index (κ3) is 3.90. The zero-order chi connectivity index (χ0) is 23.0. The molecule has 7 nitrogen and oxygen atoms in total. The van der Waals surface area contributed by atoms with Crippen molar-refractivity contribution in [3.8, 4) is 0 Å². The zero-order valence-corrected chi connectivity index (χ0v) is 18.2. The summed E-state index contributed by atoms with van der Waals surface area (Å²) in [5.74, 6) is -2.62. The average Bonchev–Trinajstić information content (AvgIpc) is 3.02. The Morgan fingerprint density at radius 1 is 1.00 bits per heavy atom. The van der Waals surface area contributed by atoms with E-state index >= 15 is 0 Å². The third-order valence-corrected chi connectivity index (χ3v) is 6.49. The minimum absolute atomic E-state index is 0.108. The Labute approximate surface area is 186 Å². The van der Waals surface area contributed by atoms with Gasteiger partial charge in [0.15, 0.2) is 0 Å². The maximum atomic E-state index is 13.1. The zero-order valence-electron chi connectivity index (χ0n) is 18.2. The van der Waals surface area contributed by atoms with Crippen LogP contribution in [0.1, 0.15) is 67.9 Å². The molecule has 0 aromatic heterocycles. The summed E-state index contributed by atoms with van der Waals surface area (Å²) in [6.07, 6.45) is 3.23. The lowest BCUT2D eigenvalue weighted by molar-refractivity contribution is -0.144. The third-order valence-electron chi connectivity index (χ3n) is 6.49. The van der Waals surface area contributed by atoms with Gasteiger partial charge in [-0.2, -0.15) is 0 Å². The van der Waals surface area contributed by atoms with Gasteiger partial charge in [-0.05, 0) is 62.4 Å². The first-order valence-electron chi connectivity index (χ1n) is 10.9. The topological polar surface area (TPSA) is 104 Å². The standard InChI is InChI=1S/C25H26N2O5/c1-14-7-10-21(15(2)11-14)27-23(29)19-9-8-16(12-20(19)24(27)30)22(28)26-13-17-5-3-4-6-18(17)25(31)32/h7-12,17-18H,3-6,13H2,1-2H3,(H,26,28)(H,31,32)/t17-,18-/m0/s1. The number of benzene rings is 2. The predicted molar refractivity (Wildman–Crippen MR) is 119 cm³/mol. The van der Waals surface area contributed by atoms with Gasteiger partial charge in [-0.15, -0.1) is 0 Å². The number of nitrogens with zero attached hydrogens (tertiary/aromatic N) is 1. The molecule has 2 aliphatic rings. The fraction of sp³-hybridized carbons (Fsp3) is 0.360. The van der Waals surface area contributed by atoms with Crippen molar-refractivity contribution in [1.82, 2.24) is 5.32 Å². The van der Waals surface area contributed by atoms with Crippen molar-refractivity contribution in [3.05, 3.63) is 64.2 Å². The molecule has 0 unspecified atom stereocenters. The Balaban J connectivity index is 1.52. The molecule has 32 heavy (non-hydrogen) atoms. The molecule has 2 atom stereocenters. The van der Waals surface area contributed by atoms with Crippen LogP contribution in [0.5, 0.6) is 0 Å². The molecule has 1 fully saturated rings. The van der Waals surface area contributed by atoms with E-state index in [9.17, 15) is 24.3 Å². The van der Waals surface area contributed by atoms with Crippen LogP contribution in [0.4, 0.5) is 5.69 Å². The van der Waals surface area contributed by atoms with Crippen molar-refractivity contribution in [2.75, 3.05) is 11.4 Å². The molecular formula is C25H26N2O5. The van der Waals surface area contributed by atoms with Gasteiger partial charge in [0.25, 0.3) is 17.7 Å². The molecule has 1 aliphatic carbocycles. The highest BCUT2D eigenvalue weighted by Gasteiger charge is 2.38. The van der Waals surface area contributed by atoms with Gasteiger partial charge in [0.05, 0.1) is 22.7 Å². The van der Waals surface area contributed by atoms with Crippen LogP contribution in [0.3, 0.4) is 0 Å². The number of anilines is 1. The summed E-state index contributed by atoms with van der Waals surface area (Å²) in [5.41, 5.74) is 3.12. The fourth-order valence-electron chi connectivity index (χ4n) is 4.76. The number of aryl methyl sites for hydroxylation is 2. The number of carboxylic acids is 1. The number of hydrogen-bond donors (Lipinski definition) is 2. The summed E-state index contributed by atoms with van der Waals surface area (Å²) < 4.78 is 0. The second-order valence-corrected chi connectivity index (χ2v) is 8.70. The number of nitrogens with one attached hydrogen (secondary N) is 1. The SMILES string of the molecule is Cc1ccc(N2C(=O)c3ccc(C(=O)NC[C@@H]4CCCC[C@@H]4C(=O)O)cc3C2=O)c(C)c1. The largest absolute Gasteiger partial charge is 0.481 e. The maximum absolute atomic E-state index is 13.1. The first-order chi connectivity index (χ1) is 15.3. The van der Waals surface area contributed by atoms with Gasteiger partial charge in [-0.1, -0.05) is 30.5 Å². The van der Waals surface area contributed by atoms with E-state index in [1.54, 1.807) is 6.07 Å². The lowest BCUT2D eigenvalue weighted by atomic mass is 9.79. The summed E-state index contributed by atoms with van der Waals surface area (Å²) in [5, 5.41) is 12.2. The molecular weight excluding hydrogens is 408 g/mol. The highest BCUT2D eigenvalue weighted by molar-refractivity contribution is 6.35. The number of rotatable bonds is 5. The summed E-state index contributed by atoms with van der Waals surface area (Å²) in [6.45, 7) is 4.06. The highest BCUT2D eigenvalue weighted by atomic mass is 16.4. The van der Waals surface area contributed by atoms with Crippen molar-refractivity contribution >= 4 is 29.4 Å². The van der Waals surface area contributed by atoms with Crippen LogP contribution in [-0.4, -0.2) is 35.3 Å². The number of carboxylic acid groups (broad SMARTS) is 1. The van der Waals surface area contributed by atoms with E-state index in [0.717, 1.165) is 35.3 Å². The second kappa shape index (κ2) is 8.57. The van der Waals surface area contributed by atoms with Crippen LogP contribution < -0.4 is 10.2 Å². The minimum Gasteiger partial charge on any atom is -0.481 e. The molecule has 0 bridgehead atoms. The van der Waals surface area contributed by atoms with Crippen molar-refractivity contribution in [2.45, 2.75) is 39.5 Å². The van der Waals surface area contributed by atoms with Crippen LogP contribution in [0.15, 0.2) is 36.4 Å². The Hall–Kier alpha value is -3.48. The molecule has 3 amide bonds. The Kier molecular flexibility index (Phi) is 5.82. The smallest absolute Gasteiger partial charge is 0.306 e. The fourth-order valence-corrected chi connectivity index (χ4v) is 4.76. The molecule has 2 aromatic rings. The Morgan fingerprint density at radius 3 is 2.44 bits per heavy atom. The van der Waals surface area contributed by atoms with Crippen molar-refractivity contribution in [3.63, 3.8) is 0 Å². The molecule has 4 rings (SSSR count). The van der Waals surface area contributed by atoms with Gasteiger partial charge >= 0.3 is 5.97 Å². The minimum atomic E-state index is -0.822. The summed E-state index contributed by atoms with van der Waals surface area (Å²) >= 11 is 0. The molecule has 7 heteroatoms. The number of imide groups is 1. The van der Waals surface area contributed by atoms with Gasteiger partial charge in [0, 0.05) is 12.1 Å². The van der Waals surface area contributed by atoms with Crippen molar-refractivity contribution in [2.24, 2.45) is 11.8 Å². The molecule has 1 heterocycles. The average molecular weight is 434 g/mol. The van der Waals surface area contributed by atoms with Crippen LogP contribution >= 0.6 is 0 Å². The van der Waals surface area contributed by atoms with E-state index in [0.29, 0.717) is 12.1 Å². The number of hydrogen-bond acceptors (Lipinski definition) is 4. The van der Waals surface area contributed by atoms with Crippen LogP contribution in [0.2, 0.25) is 0 Å². The maximum Gasteiger partial charge on any atom is 0.306 e. The summed E-state index contributed by atoms with van der Waals surface area (Å²) in [6, 6.07) is 10.00. The number of carbonyl (C=O) groups excluding carboxylic acids is 3. The molecule has 166 valence electrons. The van der Waals surface area contributed by atoms with Crippen LogP contribution in [-0.2, 0) is 4.79 Å². The number of fused-ring (bicyclic) bond motifs is 1. The van der Waals surface area contributed by atoms with E-state index in [2.05, 4.69) is 5.32 Å². The normalized spacial score (nSPS) is 20.2. The summed E-state index contributed by atoms with van der Waals surface area (Å²) in [4.78, 5) is 51.3. The van der Waals surface area contributed by atoms with E-state index < -0.39 is 23.7 Å². The molecule has 0 saturated heterocycles. The van der Waals surface area contributed by atoms with E-state index in [1.807, 2.05) is 26.0 Å². The number of carbonyl (C=O) groups is 4. The van der Waals surface area contributed by atoms with E-state index in [1.165, 1.54) is 18.2 Å². The lowest BCUT2D eigenvalue weighted by Crippen LogP contribution is -2.37. The van der Waals surface area contributed by atoms with Gasteiger partial charge < -0.3 is 10.4 Å². The van der Waals surface area contributed by atoms with Crippen molar-refractivity contribution in [1.29, 1.82) is 0 Å². The quantitative estimate of drug-likeness (QED) is 0.698. The number of amides is 3. The molecule has 2 aromatic carbocycles. The first-order valence-corrected chi connectivity index (χ1v) is 10.9. The van der Waals surface area contributed by atoms with Gasteiger partial charge in [0.1, 0.15) is 0 Å². The van der Waals surface area contributed by atoms with E-state index in [-0.39, 0.29) is 35.1 Å².